The lowest BCUT2D eigenvalue weighted by Crippen LogP contribution is -2.54. The highest BCUT2D eigenvalue weighted by atomic mass is 16.6. The fourth-order valence-corrected chi connectivity index (χ4v) is 8.36. The van der Waals surface area contributed by atoms with Gasteiger partial charge >= 0.3 is 0 Å². The van der Waals surface area contributed by atoms with Gasteiger partial charge in [-0.3, -0.25) is 4.79 Å². The average Bonchev–Trinajstić information content (AvgIpc) is 3.17. The second-order valence-electron chi connectivity index (χ2n) is 10.7. The van der Waals surface area contributed by atoms with Crippen LogP contribution < -0.4 is 0 Å². The molecule has 4 saturated carbocycles. The Balaban J connectivity index is 1.44. The Kier molecular flexibility index (Phi) is 3.22. The first-order valence-corrected chi connectivity index (χ1v) is 10.5. The van der Waals surface area contributed by atoms with Crippen molar-refractivity contribution in [3.8, 4) is 0 Å². The van der Waals surface area contributed by atoms with Gasteiger partial charge in [-0.25, -0.2) is 0 Å². The van der Waals surface area contributed by atoms with E-state index >= 15 is 0 Å². The van der Waals surface area contributed by atoms with Gasteiger partial charge < -0.3 is 4.74 Å². The van der Waals surface area contributed by atoms with Crippen LogP contribution in [0.25, 0.3) is 0 Å². The Bertz CT molecular complexity index is 564. The molecular weight excluding hydrogens is 296 g/mol. The van der Waals surface area contributed by atoms with Gasteiger partial charge in [-0.15, -0.1) is 0 Å². The number of epoxide rings is 1. The minimum atomic E-state index is 0.203. The van der Waals surface area contributed by atoms with Gasteiger partial charge in [0, 0.05) is 12.8 Å². The smallest absolute Gasteiger partial charge is 0.133 e. The first-order chi connectivity index (χ1) is 11.4. The summed E-state index contributed by atoms with van der Waals surface area (Å²) in [5.74, 6) is 4.73. The fraction of sp³-hybridized carbons (Fsp3) is 0.955. The summed E-state index contributed by atoms with van der Waals surface area (Å²) in [6.07, 6.45) is 11.2. The number of fused-ring (bicyclic) bond motifs is 5. The van der Waals surface area contributed by atoms with Crippen molar-refractivity contribution in [3.63, 3.8) is 0 Å². The van der Waals surface area contributed by atoms with Crippen LogP contribution in [0.2, 0.25) is 0 Å². The average molecular weight is 331 g/mol. The van der Waals surface area contributed by atoms with E-state index in [1.807, 2.05) is 0 Å². The third kappa shape index (κ3) is 1.95. The lowest BCUT2D eigenvalue weighted by molar-refractivity contribution is -0.140. The van der Waals surface area contributed by atoms with Crippen molar-refractivity contribution >= 4 is 5.78 Å². The number of carbonyl (C=O) groups excluding carboxylic acids is 1. The maximum Gasteiger partial charge on any atom is 0.133 e. The Hall–Kier alpha value is -0.370. The molecular formula is C22H34O2. The zero-order valence-corrected chi connectivity index (χ0v) is 15.8. The van der Waals surface area contributed by atoms with E-state index in [0.29, 0.717) is 22.5 Å². The van der Waals surface area contributed by atoms with Crippen LogP contribution in [0.15, 0.2) is 0 Å². The molecule has 1 aliphatic heterocycles. The minimum absolute atomic E-state index is 0.203. The summed E-state index contributed by atoms with van der Waals surface area (Å²) in [6, 6.07) is 0. The minimum Gasteiger partial charge on any atom is -0.370 e. The molecule has 4 aliphatic carbocycles. The van der Waals surface area contributed by atoms with E-state index in [4.69, 9.17) is 4.74 Å². The first kappa shape index (κ1) is 15.9. The molecule has 0 aromatic heterocycles. The number of ketones is 1. The first-order valence-electron chi connectivity index (χ1n) is 10.5. The number of Topliss-reactive ketones (excluding diaryl/α,β-unsaturated/α-hetero) is 1. The van der Waals surface area contributed by atoms with Crippen LogP contribution in [0.1, 0.15) is 78.6 Å². The van der Waals surface area contributed by atoms with E-state index in [-0.39, 0.29) is 5.60 Å². The van der Waals surface area contributed by atoms with Crippen LogP contribution in [-0.2, 0) is 9.53 Å². The maximum atomic E-state index is 12.0. The molecule has 0 unspecified atom stereocenters. The molecule has 2 nitrogen and oxygen atoms in total. The van der Waals surface area contributed by atoms with Crippen molar-refractivity contribution in [1.82, 2.24) is 0 Å². The third-order valence-corrected chi connectivity index (χ3v) is 9.82. The molecule has 0 spiro atoms. The van der Waals surface area contributed by atoms with Crippen molar-refractivity contribution < 1.29 is 9.53 Å². The summed E-state index contributed by atoms with van der Waals surface area (Å²) >= 11 is 0. The Labute approximate surface area is 147 Å². The van der Waals surface area contributed by atoms with E-state index in [2.05, 4.69) is 20.8 Å². The van der Waals surface area contributed by atoms with Crippen molar-refractivity contribution in [1.29, 1.82) is 0 Å². The van der Waals surface area contributed by atoms with Crippen LogP contribution in [-0.4, -0.2) is 18.0 Å². The zero-order chi connectivity index (χ0) is 16.7. The number of hydrogen-bond acceptors (Lipinski definition) is 2. The quantitative estimate of drug-likeness (QED) is 0.633. The number of hydrogen-bond donors (Lipinski definition) is 0. The molecule has 5 fully saturated rings. The number of ether oxygens (including phenoxy) is 1. The highest BCUT2D eigenvalue weighted by Crippen LogP contribution is 2.69. The second kappa shape index (κ2) is 4.87. The van der Waals surface area contributed by atoms with E-state index in [9.17, 15) is 4.79 Å². The molecule has 5 rings (SSSR count). The Morgan fingerprint density at radius 2 is 1.67 bits per heavy atom. The molecule has 5 aliphatic rings. The summed E-state index contributed by atoms with van der Waals surface area (Å²) in [4.78, 5) is 12.0. The van der Waals surface area contributed by atoms with Crippen molar-refractivity contribution in [3.05, 3.63) is 0 Å². The van der Waals surface area contributed by atoms with Crippen LogP contribution in [0.3, 0.4) is 0 Å². The predicted octanol–water partition coefficient (Wildman–Crippen LogP) is 5.00. The highest BCUT2D eigenvalue weighted by molar-refractivity contribution is 5.79. The fourth-order valence-electron chi connectivity index (χ4n) is 8.36. The largest absolute Gasteiger partial charge is 0.370 e. The SMILES string of the molecule is C[C@]12CCC(=O)C[C@H]1CC[C@H]1[C@H]3CC[C@H]([C@]4(C)CO4)[C@@]3(C)CC[C@@H]12. The summed E-state index contributed by atoms with van der Waals surface area (Å²) in [5.41, 5.74) is 1.17. The second-order valence-corrected chi connectivity index (χ2v) is 10.7. The van der Waals surface area contributed by atoms with Gasteiger partial charge in [-0.2, -0.15) is 0 Å². The van der Waals surface area contributed by atoms with Gasteiger partial charge in [0.15, 0.2) is 0 Å². The molecule has 2 heteroatoms. The molecule has 0 bridgehead atoms. The van der Waals surface area contributed by atoms with Gasteiger partial charge in [0.05, 0.1) is 12.2 Å². The van der Waals surface area contributed by atoms with Crippen LogP contribution in [0, 0.1) is 40.4 Å². The van der Waals surface area contributed by atoms with Gasteiger partial charge in [-0.1, -0.05) is 13.8 Å². The van der Waals surface area contributed by atoms with Gasteiger partial charge in [0.1, 0.15) is 5.78 Å². The number of rotatable bonds is 1. The Morgan fingerprint density at radius 3 is 2.42 bits per heavy atom. The molecule has 1 saturated heterocycles. The Morgan fingerprint density at radius 1 is 0.917 bits per heavy atom. The van der Waals surface area contributed by atoms with Crippen molar-refractivity contribution in [2.75, 3.05) is 6.61 Å². The molecule has 8 atom stereocenters. The van der Waals surface area contributed by atoms with Gasteiger partial charge in [0.25, 0.3) is 0 Å². The van der Waals surface area contributed by atoms with Crippen LogP contribution in [0.5, 0.6) is 0 Å². The summed E-state index contributed by atoms with van der Waals surface area (Å²) in [5, 5.41) is 0. The van der Waals surface area contributed by atoms with Crippen LogP contribution >= 0.6 is 0 Å². The van der Waals surface area contributed by atoms with Crippen molar-refractivity contribution in [2.45, 2.75) is 84.2 Å². The zero-order valence-electron chi connectivity index (χ0n) is 15.8. The van der Waals surface area contributed by atoms with Crippen molar-refractivity contribution in [2.24, 2.45) is 40.4 Å². The molecule has 1 heterocycles. The lowest BCUT2D eigenvalue weighted by atomic mass is 9.44. The highest BCUT2D eigenvalue weighted by Gasteiger charge is 2.65. The van der Waals surface area contributed by atoms with Crippen LogP contribution in [0.4, 0.5) is 0 Å². The molecule has 134 valence electrons. The molecule has 0 radical (unpaired) electrons. The standard InChI is InChI=1S/C22H34O2/c1-20-10-8-15(23)12-14(20)4-5-16-17-6-7-19(22(3)13-24-22)21(17,2)11-9-18(16)20/h14,16-19H,4-13H2,1-3H3/t14-,16+,17-,18+,19+,20+,21+,22+/m1/s1. The third-order valence-electron chi connectivity index (χ3n) is 9.82. The van der Waals surface area contributed by atoms with E-state index in [0.717, 1.165) is 43.1 Å². The summed E-state index contributed by atoms with van der Waals surface area (Å²) in [7, 11) is 0. The number of carbonyl (C=O) groups is 1. The predicted molar refractivity (Wildman–Crippen MR) is 94.6 cm³/mol. The summed E-state index contributed by atoms with van der Waals surface area (Å²) in [6.45, 7) is 8.52. The van der Waals surface area contributed by atoms with E-state index in [1.54, 1.807) is 0 Å². The normalized spacial score (nSPS) is 59.5. The van der Waals surface area contributed by atoms with E-state index < -0.39 is 0 Å². The topological polar surface area (TPSA) is 29.6 Å². The summed E-state index contributed by atoms with van der Waals surface area (Å²) < 4.78 is 5.91. The molecule has 0 amide bonds. The molecule has 0 aromatic carbocycles. The molecule has 0 aromatic rings. The van der Waals surface area contributed by atoms with Gasteiger partial charge in [0.2, 0.25) is 0 Å². The van der Waals surface area contributed by atoms with Gasteiger partial charge in [-0.05, 0) is 92.3 Å². The lowest BCUT2D eigenvalue weighted by Gasteiger charge is -2.60. The van der Waals surface area contributed by atoms with E-state index in [1.165, 1.54) is 44.9 Å². The monoisotopic (exact) mass is 330 g/mol. The molecule has 0 N–H and O–H groups in total. The molecule has 24 heavy (non-hydrogen) atoms. The maximum absolute atomic E-state index is 12.0.